The van der Waals surface area contributed by atoms with Gasteiger partial charge in [0.25, 0.3) is 0 Å². The Kier molecular flexibility index (Phi) is 4.57. The van der Waals surface area contributed by atoms with E-state index in [-0.39, 0.29) is 5.75 Å². The standard InChI is InChI=1S/C13H8BrClFNO3/c14-9-6-8(7-15)4-5-12(9)20-13-10(16)2-1-3-11(13)17(18)19/h1-6H,7H2. The minimum absolute atomic E-state index is 0.270. The fraction of sp³-hybridized carbons (Fsp3) is 0.0769. The largest absolute Gasteiger partial charge is 0.446 e. The molecule has 104 valence electrons. The molecule has 0 aliphatic heterocycles. The average Bonchev–Trinajstić information content (AvgIpc) is 2.42. The topological polar surface area (TPSA) is 52.4 Å². The number of hydrogen-bond acceptors (Lipinski definition) is 3. The normalized spacial score (nSPS) is 10.3. The maximum absolute atomic E-state index is 13.7. The molecular formula is C13H8BrClFNO3. The number of nitrogens with zero attached hydrogens (tertiary/aromatic N) is 1. The van der Waals surface area contributed by atoms with Crippen molar-refractivity contribution in [2.24, 2.45) is 0 Å². The second-order valence-corrected chi connectivity index (χ2v) is 4.97. The molecule has 0 radical (unpaired) electrons. The van der Waals surface area contributed by atoms with Gasteiger partial charge in [-0.05, 0) is 39.7 Å². The van der Waals surface area contributed by atoms with Gasteiger partial charge in [0, 0.05) is 11.9 Å². The highest BCUT2D eigenvalue weighted by atomic mass is 79.9. The summed E-state index contributed by atoms with van der Waals surface area (Å²) in [5.41, 5.74) is 0.409. The van der Waals surface area contributed by atoms with E-state index >= 15 is 0 Å². The van der Waals surface area contributed by atoms with Crippen LogP contribution in [0.5, 0.6) is 11.5 Å². The lowest BCUT2D eigenvalue weighted by atomic mass is 10.2. The third kappa shape index (κ3) is 3.08. The number of benzene rings is 2. The summed E-state index contributed by atoms with van der Waals surface area (Å²) in [5.74, 6) is -0.630. The van der Waals surface area contributed by atoms with Gasteiger partial charge < -0.3 is 4.74 Å². The maximum Gasteiger partial charge on any atom is 0.314 e. The number of nitro groups is 1. The number of nitro benzene ring substituents is 1. The Balaban J connectivity index is 2.42. The number of hydrogen-bond donors (Lipinski definition) is 0. The lowest BCUT2D eigenvalue weighted by molar-refractivity contribution is -0.385. The fourth-order valence-corrected chi connectivity index (χ4v) is 2.24. The Labute approximate surface area is 127 Å². The predicted octanol–water partition coefficient (Wildman–Crippen LogP) is 5.03. The first-order chi connectivity index (χ1) is 9.52. The van der Waals surface area contributed by atoms with E-state index < -0.39 is 22.2 Å². The van der Waals surface area contributed by atoms with Crippen molar-refractivity contribution in [3.05, 3.63) is 62.4 Å². The van der Waals surface area contributed by atoms with E-state index in [4.69, 9.17) is 16.3 Å². The van der Waals surface area contributed by atoms with Gasteiger partial charge in [-0.1, -0.05) is 12.1 Å². The predicted molar refractivity (Wildman–Crippen MR) is 76.8 cm³/mol. The van der Waals surface area contributed by atoms with Crippen LogP contribution in [0.25, 0.3) is 0 Å². The smallest absolute Gasteiger partial charge is 0.314 e. The molecule has 2 aromatic rings. The van der Waals surface area contributed by atoms with Gasteiger partial charge in [0.15, 0.2) is 5.82 Å². The molecule has 0 aliphatic rings. The number of rotatable bonds is 4. The summed E-state index contributed by atoms with van der Waals surface area (Å²) in [4.78, 5) is 10.2. The van der Waals surface area contributed by atoms with Crippen LogP contribution in [-0.4, -0.2) is 4.92 Å². The van der Waals surface area contributed by atoms with Gasteiger partial charge >= 0.3 is 5.69 Å². The number of halogens is 3. The van der Waals surface area contributed by atoms with Crippen molar-refractivity contribution in [3.8, 4) is 11.5 Å². The van der Waals surface area contributed by atoms with Crippen LogP contribution >= 0.6 is 27.5 Å². The Bertz CT molecular complexity index is 666. The van der Waals surface area contributed by atoms with Crippen molar-refractivity contribution in [1.82, 2.24) is 0 Å². The first-order valence-electron chi connectivity index (χ1n) is 5.48. The summed E-state index contributed by atoms with van der Waals surface area (Å²) < 4.78 is 19.6. The summed E-state index contributed by atoms with van der Waals surface area (Å²) in [6.45, 7) is 0. The molecule has 0 spiro atoms. The molecule has 0 fully saturated rings. The van der Waals surface area contributed by atoms with Gasteiger partial charge in [0.2, 0.25) is 5.75 Å². The van der Waals surface area contributed by atoms with E-state index in [0.29, 0.717) is 10.4 Å². The van der Waals surface area contributed by atoms with E-state index in [0.717, 1.165) is 11.6 Å². The van der Waals surface area contributed by atoms with Crippen molar-refractivity contribution in [3.63, 3.8) is 0 Å². The first kappa shape index (κ1) is 14.7. The van der Waals surface area contributed by atoms with E-state index in [1.54, 1.807) is 18.2 Å². The third-order valence-corrected chi connectivity index (χ3v) is 3.43. The number of para-hydroxylation sites is 1. The Morgan fingerprint density at radius 3 is 2.70 bits per heavy atom. The molecule has 0 aliphatic carbocycles. The van der Waals surface area contributed by atoms with Gasteiger partial charge in [-0.15, -0.1) is 11.6 Å². The zero-order valence-electron chi connectivity index (χ0n) is 9.98. The summed E-state index contributed by atoms with van der Waals surface area (Å²) in [6, 6.07) is 8.50. The quantitative estimate of drug-likeness (QED) is 0.436. The van der Waals surface area contributed by atoms with Crippen LogP contribution in [0.3, 0.4) is 0 Å². The van der Waals surface area contributed by atoms with Gasteiger partial charge in [-0.3, -0.25) is 10.1 Å². The highest BCUT2D eigenvalue weighted by molar-refractivity contribution is 9.10. The second kappa shape index (κ2) is 6.19. The minimum Gasteiger partial charge on any atom is -0.446 e. The van der Waals surface area contributed by atoms with Crippen LogP contribution < -0.4 is 4.74 Å². The lowest BCUT2D eigenvalue weighted by Crippen LogP contribution is -1.96. The summed E-state index contributed by atoms with van der Waals surface area (Å²) >= 11 is 8.95. The molecular weight excluding hydrogens is 353 g/mol. The molecule has 0 saturated heterocycles. The molecule has 0 N–H and O–H groups in total. The molecule has 0 amide bonds. The Hall–Kier alpha value is -1.66. The van der Waals surface area contributed by atoms with Gasteiger partial charge in [-0.2, -0.15) is 0 Å². The monoisotopic (exact) mass is 359 g/mol. The van der Waals surface area contributed by atoms with Crippen LogP contribution in [0.2, 0.25) is 0 Å². The van der Waals surface area contributed by atoms with E-state index in [2.05, 4.69) is 15.9 Å². The highest BCUT2D eigenvalue weighted by Gasteiger charge is 2.20. The van der Waals surface area contributed by atoms with E-state index in [1.165, 1.54) is 12.1 Å². The molecule has 4 nitrogen and oxygen atoms in total. The Morgan fingerprint density at radius 1 is 1.35 bits per heavy atom. The number of ether oxygens (including phenoxy) is 1. The zero-order valence-corrected chi connectivity index (χ0v) is 12.3. The van der Waals surface area contributed by atoms with Crippen molar-refractivity contribution >= 4 is 33.2 Å². The molecule has 0 atom stereocenters. The maximum atomic E-state index is 13.7. The highest BCUT2D eigenvalue weighted by Crippen LogP contribution is 2.37. The zero-order chi connectivity index (χ0) is 14.7. The van der Waals surface area contributed by atoms with Gasteiger partial charge in [-0.25, -0.2) is 4.39 Å². The molecule has 0 aromatic heterocycles. The van der Waals surface area contributed by atoms with Crippen LogP contribution in [0.4, 0.5) is 10.1 Å². The SMILES string of the molecule is O=[N+]([O-])c1cccc(F)c1Oc1ccc(CCl)cc1Br. The van der Waals surface area contributed by atoms with Crippen LogP contribution in [0.15, 0.2) is 40.9 Å². The molecule has 0 bridgehead atoms. The van der Waals surface area contributed by atoms with E-state index in [1.807, 2.05) is 0 Å². The van der Waals surface area contributed by atoms with Crippen molar-refractivity contribution in [2.75, 3.05) is 0 Å². The first-order valence-corrected chi connectivity index (χ1v) is 6.81. The van der Waals surface area contributed by atoms with Gasteiger partial charge in [0.05, 0.1) is 9.40 Å². The van der Waals surface area contributed by atoms with Crippen molar-refractivity contribution in [1.29, 1.82) is 0 Å². The summed E-state index contributed by atoms with van der Waals surface area (Å²) in [6.07, 6.45) is 0. The van der Waals surface area contributed by atoms with Crippen LogP contribution in [0.1, 0.15) is 5.56 Å². The van der Waals surface area contributed by atoms with Crippen LogP contribution in [0, 0.1) is 15.9 Å². The lowest BCUT2D eigenvalue weighted by Gasteiger charge is -2.09. The second-order valence-electron chi connectivity index (χ2n) is 3.85. The third-order valence-electron chi connectivity index (χ3n) is 2.51. The fourth-order valence-electron chi connectivity index (χ4n) is 1.56. The van der Waals surface area contributed by atoms with Crippen molar-refractivity contribution in [2.45, 2.75) is 5.88 Å². The molecule has 2 aromatic carbocycles. The molecule has 2 rings (SSSR count). The van der Waals surface area contributed by atoms with Crippen molar-refractivity contribution < 1.29 is 14.1 Å². The average molecular weight is 361 g/mol. The minimum atomic E-state index is -0.799. The Morgan fingerprint density at radius 2 is 2.10 bits per heavy atom. The molecule has 7 heteroatoms. The molecule has 0 heterocycles. The number of alkyl halides is 1. The van der Waals surface area contributed by atoms with Crippen LogP contribution in [-0.2, 0) is 5.88 Å². The molecule has 0 saturated carbocycles. The molecule has 20 heavy (non-hydrogen) atoms. The molecule has 0 unspecified atom stereocenters. The summed E-state index contributed by atoms with van der Waals surface area (Å²) in [7, 11) is 0. The summed E-state index contributed by atoms with van der Waals surface area (Å²) in [5, 5.41) is 10.9. The van der Waals surface area contributed by atoms with E-state index in [9.17, 15) is 14.5 Å². The van der Waals surface area contributed by atoms with Gasteiger partial charge in [0.1, 0.15) is 5.75 Å².